The van der Waals surface area contributed by atoms with Gasteiger partial charge in [0.25, 0.3) is 0 Å². The molecule has 5 heteroatoms. The minimum atomic E-state index is -3.69. The van der Waals surface area contributed by atoms with E-state index in [1.165, 1.54) is 24.3 Å². The van der Waals surface area contributed by atoms with Crippen molar-refractivity contribution in [2.75, 3.05) is 0 Å². The average Bonchev–Trinajstić information content (AvgIpc) is 2.01. The van der Waals surface area contributed by atoms with Crippen LogP contribution in [0, 0.1) is 0 Å². The van der Waals surface area contributed by atoms with Crippen LogP contribution in [0.25, 0.3) is 6.08 Å². The van der Waals surface area contributed by atoms with Crippen LogP contribution in [-0.4, -0.2) is 8.42 Å². The van der Waals surface area contributed by atoms with Gasteiger partial charge in [-0.05, 0) is 23.8 Å². The van der Waals surface area contributed by atoms with E-state index in [0.717, 1.165) is 0 Å². The van der Waals surface area contributed by atoms with Crippen molar-refractivity contribution in [3.8, 4) is 0 Å². The van der Waals surface area contributed by atoms with Crippen molar-refractivity contribution >= 4 is 27.7 Å². The van der Waals surface area contributed by atoms with Gasteiger partial charge in [-0.25, -0.2) is 13.6 Å². The van der Waals surface area contributed by atoms with E-state index in [0.29, 0.717) is 10.6 Å². The molecule has 3 nitrogen and oxygen atoms in total. The first-order valence-corrected chi connectivity index (χ1v) is 5.32. The molecule has 13 heavy (non-hydrogen) atoms. The molecule has 0 amide bonds. The zero-order valence-corrected chi connectivity index (χ0v) is 8.27. The highest BCUT2D eigenvalue weighted by Crippen LogP contribution is 2.19. The second-order valence-electron chi connectivity index (χ2n) is 2.43. The summed E-state index contributed by atoms with van der Waals surface area (Å²) < 4.78 is 22.0. The Morgan fingerprint density at radius 1 is 1.46 bits per heavy atom. The molecule has 0 heterocycles. The largest absolute Gasteiger partial charge is 0.238 e. The summed E-state index contributed by atoms with van der Waals surface area (Å²) in [5, 5.41) is 5.41. The topological polar surface area (TPSA) is 60.2 Å². The van der Waals surface area contributed by atoms with E-state index in [9.17, 15) is 8.42 Å². The molecule has 0 radical (unpaired) electrons. The maximum absolute atomic E-state index is 11.0. The molecule has 0 bridgehead atoms. The SMILES string of the molecule is C=Cc1cc(Cl)ccc1S(N)(=O)=O. The van der Waals surface area contributed by atoms with Gasteiger partial charge in [0.15, 0.2) is 0 Å². The Kier molecular flexibility index (Phi) is 2.75. The molecule has 70 valence electrons. The number of rotatable bonds is 2. The van der Waals surface area contributed by atoms with Gasteiger partial charge in [0, 0.05) is 5.02 Å². The van der Waals surface area contributed by atoms with Gasteiger partial charge in [-0.2, -0.15) is 0 Å². The lowest BCUT2D eigenvalue weighted by Gasteiger charge is -2.02. The molecule has 2 N–H and O–H groups in total. The quantitative estimate of drug-likeness (QED) is 0.819. The fourth-order valence-corrected chi connectivity index (χ4v) is 1.85. The van der Waals surface area contributed by atoms with Crippen molar-refractivity contribution in [1.29, 1.82) is 0 Å². The summed E-state index contributed by atoms with van der Waals surface area (Å²) in [6.45, 7) is 3.47. The normalized spacial score (nSPS) is 11.2. The van der Waals surface area contributed by atoms with Gasteiger partial charge in [-0.15, -0.1) is 0 Å². The molecular weight excluding hydrogens is 210 g/mol. The van der Waals surface area contributed by atoms with Crippen LogP contribution in [0.2, 0.25) is 5.02 Å². The number of hydrogen-bond acceptors (Lipinski definition) is 2. The van der Waals surface area contributed by atoms with Gasteiger partial charge in [0.1, 0.15) is 0 Å². The number of sulfonamides is 1. The number of hydrogen-bond donors (Lipinski definition) is 1. The third-order valence-corrected chi connectivity index (χ3v) is 2.72. The minimum Gasteiger partial charge on any atom is -0.225 e. The standard InChI is InChI=1S/C8H8ClNO2S/c1-2-6-5-7(9)3-4-8(6)13(10,11)12/h2-5H,1H2,(H2,10,11,12). The van der Waals surface area contributed by atoms with E-state index in [2.05, 4.69) is 6.58 Å². The molecule has 0 saturated heterocycles. The van der Waals surface area contributed by atoms with Gasteiger partial charge >= 0.3 is 0 Å². The van der Waals surface area contributed by atoms with Crippen molar-refractivity contribution in [2.24, 2.45) is 5.14 Å². The van der Waals surface area contributed by atoms with Crippen LogP contribution in [0.15, 0.2) is 29.7 Å². The Labute approximate surface area is 81.9 Å². The molecule has 0 aliphatic rings. The predicted molar refractivity (Wildman–Crippen MR) is 52.9 cm³/mol. The number of benzene rings is 1. The zero-order chi connectivity index (χ0) is 10.1. The highest BCUT2D eigenvalue weighted by Gasteiger charge is 2.11. The van der Waals surface area contributed by atoms with Gasteiger partial charge in [0.2, 0.25) is 10.0 Å². The lowest BCUT2D eigenvalue weighted by atomic mass is 10.2. The average molecular weight is 218 g/mol. The summed E-state index contributed by atoms with van der Waals surface area (Å²) >= 11 is 5.66. The Balaban J connectivity index is 3.47. The first-order chi connectivity index (χ1) is 5.95. The minimum absolute atomic E-state index is 0.0342. The molecule has 0 aliphatic heterocycles. The van der Waals surface area contributed by atoms with Crippen LogP contribution in [0.4, 0.5) is 0 Å². The Bertz CT molecular complexity index is 439. The molecule has 0 aliphatic carbocycles. The van der Waals surface area contributed by atoms with Crippen LogP contribution >= 0.6 is 11.6 Å². The summed E-state index contributed by atoms with van der Waals surface area (Å²) in [6, 6.07) is 4.32. The second kappa shape index (κ2) is 3.49. The van der Waals surface area contributed by atoms with Crippen molar-refractivity contribution in [3.63, 3.8) is 0 Å². The lowest BCUT2D eigenvalue weighted by molar-refractivity contribution is 0.597. The van der Waals surface area contributed by atoms with Gasteiger partial charge in [-0.1, -0.05) is 24.3 Å². The summed E-state index contributed by atoms with van der Waals surface area (Å²) in [5.41, 5.74) is 0.412. The summed E-state index contributed by atoms with van der Waals surface area (Å²) in [5.74, 6) is 0. The first-order valence-electron chi connectivity index (χ1n) is 3.40. The van der Waals surface area contributed by atoms with Gasteiger partial charge < -0.3 is 0 Å². The molecule has 0 spiro atoms. The molecule has 0 atom stereocenters. The summed E-state index contributed by atoms with van der Waals surface area (Å²) in [7, 11) is -3.69. The highest BCUT2D eigenvalue weighted by molar-refractivity contribution is 7.89. The van der Waals surface area contributed by atoms with Crippen LogP contribution < -0.4 is 5.14 Å². The molecule has 0 unspecified atom stereocenters. The van der Waals surface area contributed by atoms with Crippen molar-refractivity contribution in [3.05, 3.63) is 35.4 Å². The molecule has 0 aromatic heterocycles. The maximum atomic E-state index is 11.0. The van der Waals surface area contributed by atoms with Gasteiger partial charge in [-0.3, -0.25) is 0 Å². The zero-order valence-electron chi connectivity index (χ0n) is 6.70. The van der Waals surface area contributed by atoms with Crippen molar-refractivity contribution < 1.29 is 8.42 Å². The van der Waals surface area contributed by atoms with Crippen LogP contribution in [0.5, 0.6) is 0 Å². The van der Waals surface area contributed by atoms with Crippen LogP contribution in [0.3, 0.4) is 0 Å². The van der Waals surface area contributed by atoms with Crippen LogP contribution in [-0.2, 0) is 10.0 Å². The molecular formula is C8H8ClNO2S. The third-order valence-electron chi connectivity index (χ3n) is 1.50. The molecule has 1 aromatic carbocycles. The van der Waals surface area contributed by atoms with Gasteiger partial charge in [0.05, 0.1) is 4.90 Å². The highest BCUT2D eigenvalue weighted by atomic mass is 35.5. The number of primary sulfonamides is 1. The summed E-state index contributed by atoms with van der Waals surface area (Å²) in [4.78, 5) is 0.0342. The third kappa shape index (κ3) is 2.30. The van der Waals surface area contributed by atoms with E-state index < -0.39 is 10.0 Å². The Hall–Kier alpha value is -0.840. The molecule has 1 rings (SSSR count). The van der Waals surface area contributed by atoms with Crippen molar-refractivity contribution in [2.45, 2.75) is 4.90 Å². The fraction of sp³-hybridized carbons (Fsp3) is 0. The molecule has 1 aromatic rings. The maximum Gasteiger partial charge on any atom is 0.238 e. The van der Waals surface area contributed by atoms with E-state index >= 15 is 0 Å². The van der Waals surface area contributed by atoms with E-state index in [4.69, 9.17) is 16.7 Å². The molecule has 0 saturated carbocycles. The molecule has 0 fully saturated rings. The predicted octanol–water partition coefficient (Wildman–Crippen LogP) is 1.63. The second-order valence-corrected chi connectivity index (χ2v) is 4.40. The van der Waals surface area contributed by atoms with Crippen LogP contribution in [0.1, 0.15) is 5.56 Å². The monoisotopic (exact) mass is 217 g/mol. The number of halogens is 1. The Morgan fingerprint density at radius 2 is 2.08 bits per heavy atom. The van der Waals surface area contributed by atoms with E-state index in [1.54, 1.807) is 0 Å². The first kappa shape index (κ1) is 10.2. The number of nitrogens with two attached hydrogens (primary N) is 1. The van der Waals surface area contributed by atoms with E-state index in [1.807, 2.05) is 0 Å². The van der Waals surface area contributed by atoms with E-state index in [-0.39, 0.29) is 4.90 Å². The lowest BCUT2D eigenvalue weighted by Crippen LogP contribution is -2.13. The Morgan fingerprint density at radius 3 is 2.54 bits per heavy atom. The fourth-order valence-electron chi connectivity index (χ4n) is 0.938. The van der Waals surface area contributed by atoms with Crippen molar-refractivity contribution in [1.82, 2.24) is 0 Å². The summed E-state index contributed by atoms with van der Waals surface area (Å²) in [6.07, 6.45) is 1.39. The smallest absolute Gasteiger partial charge is 0.225 e.